The molecule has 6 nitrogen and oxygen atoms in total. The Kier molecular flexibility index (Phi) is 2.63. The van der Waals surface area contributed by atoms with Gasteiger partial charge in [0.2, 0.25) is 0 Å². The van der Waals surface area contributed by atoms with E-state index in [1.54, 1.807) is 18.7 Å². The van der Waals surface area contributed by atoms with E-state index in [1.807, 2.05) is 16.7 Å². The number of hydrogen-bond acceptors (Lipinski definition) is 5. The number of imidazole rings is 1. The van der Waals surface area contributed by atoms with Crippen molar-refractivity contribution >= 4 is 17.0 Å². The maximum Gasteiger partial charge on any atom is 0.166 e. The van der Waals surface area contributed by atoms with Crippen LogP contribution in [0.4, 0.5) is 5.82 Å². The Labute approximate surface area is 110 Å². The van der Waals surface area contributed by atoms with E-state index in [9.17, 15) is 0 Å². The van der Waals surface area contributed by atoms with Gasteiger partial charge >= 0.3 is 0 Å². The number of nitrogen functional groups attached to an aromatic ring is 1. The molecule has 3 heterocycles. The van der Waals surface area contributed by atoms with Crippen molar-refractivity contribution in [2.75, 3.05) is 5.73 Å². The van der Waals surface area contributed by atoms with Gasteiger partial charge < -0.3 is 10.3 Å². The molecule has 6 heteroatoms. The Hall–Kier alpha value is -2.50. The first kappa shape index (κ1) is 11.6. The number of anilines is 1. The van der Waals surface area contributed by atoms with Gasteiger partial charge in [-0.3, -0.25) is 4.98 Å². The molecule has 3 aromatic heterocycles. The van der Waals surface area contributed by atoms with Crippen molar-refractivity contribution < 1.29 is 0 Å². The van der Waals surface area contributed by atoms with Gasteiger partial charge in [-0.15, -0.1) is 0 Å². The van der Waals surface area contributed by atoms with Gasteiger partial charge in [-0.25, -0.2) is 15.0 Å². The molecule has 19 heavy (non-hydrogen) atoms. The SMILES string of the molecule is CC(C)n1cnc2c(N)nc(-c3ccncc3)nc21. The minimum atomic E-state index is 0.268. The highest BCUT2D eigenvalue weighted by molar-refractivity contribution is 5.83. The molecule has 0 bridgehead atoms. The molecule has 0 fully saturated rings. The second-order valence-corrected chi connectivity index (χ2v) is 4.59. The summed E-state index contributed by atoms with van der Waals surface area (Å²) in [6.45, 7) is 4.15. The summed E-state index contributed by atoms with van der Waals surface area (Å²) in [6, 6.07) is 3.98. The van der Waals surface area contributed by atoms with Gasteiger partial charge in [-0.2, -0.15) is 0 Å². The lowest BCUT2D eigenvalue weighted by Crippen LogP contribution is -2.03. The van der Waals surface area contributed by atoms with Gasteiger partial charge in [0.1, 0.15) is 5.52 Å². The molecule has 0 saturated heterocycles. The molecule has 0 spiro atoms. The Morgan fingerprint density at radius 1 is 1.16 bits per heavy atom. The van der Waals surface area contributed by atoms with Crippen LogP contribution in [0.1, 0.15) is 19.9 Å². The molecule has 0 aliphatic rings. The number of rotatable bonds is 2. The molecule has 0 saturated carbocycles. The molecular formula is C13H14N6. The molecule has 3 rings (SSSR count). The van der Waals surface area contributed by atoms with Crippen molar-refractivity contribution in [1.82, 2.24) is 24.5 Å². The monoisotopic (exact) mass is 254 g/mol. The predicted molar refractivity (Wildman–Crippen MR) is 73.4 cm³/mol. The minimum absolute atomic E-state index is 0.268. The quantitative estimate of drug-likeness (QED) is 0.756. The molecule has 0 atom stereocenters. The normalized spacial score (nSPS) is 11.3. The van der Waals surface area contributed by atoms with Crippen LogP contribution >= 0.6 is 0 Å². The Morgan fingerprint density at radius 3 is 2.58 bits per heavy atom. The first-order valence-electron chi connectivity index (χ1n) is 6.07. The fraction of sp³-hybridized carbons (Fsp3) is 0.231. The van der Waals surface area contributed by atoms with Crippen LogP contribution in [-0.2, 0) is 0 Å². The molecule has 96 valence electrons. The smallest absolute Gasteiger partial charge is 0.166 e. The third-order valence-electron chi connectivity index (χ3n) is 2.94. The average Bonchev–Trinajstić information content (AvgIpc) is 2.84. The van der Waals surface area contributed by atoms with E-state index in [2.05, 4.69) is 33.8 Å². The molecular weight excluding hydrogens is 240 g/mol. The van der Waals surface area contributed by atoms with E-state index in [0.717, 1.165) is 11.2 Å². The minimum Gasteiger partial charge on any atom is -0.382 e. The second kappa shape index (κ2) is 4.31. The lowest BCUT2D eigenvalue weighted by Gasteiger charge is -2.08. The zero-order valence-electron chi connectivity index (χ0n) is 10.8. The Bertz CT molecular complexity index is 717. The molecule has 0 amide bonds. The van der Waals surface area contributed by atoms with Crippen molar-refractivity contribution in [2.45, 2.75) is 19.9 Å². The summed E-state index contributed by atoms with van der Waals surface area (Å²) in [6.07, 6.45) is 5.16. The number of pyridine rings is 1. The standard InChI is InChI=1S/C13H14N6/c1-8(2)19-7-16-10-11(14)17-12(18-13(10)19)9-3-5-15-6-4-9/h3-8H,1-2H3,(H2,14,17,18). The first-order chi connectivity index (χ1) is 9.16. The number of aromatic nitrogens is 5. The number of nitrogens with two attached hydrogens (primary N) is 1. The van der Waals surface area contributed by atoms with Gasteiger partial charge in [0.25, 0.3) is 0 Å². The summed E-state index contributed by atoms with van der Waals surface area (Å²) in [5.74, 6) is 0.992. The van der Waals surface area contributed by atoms with Gasteiger partial charge in [0.15, 0.2) is 17.3 Å². The molecule has 2 N–H and O–H groups in total. The average molecular weight is 254 g/mol. The van der Waals surface area contributed by atoms with Gasteiger partial charge in [0, 0.05) is 24.0 Å². The summed E-state index contributed by atoms with van der Waals surface area (Å²) in [7, 11) is 0. The fourth-order valence-electron chi connectivity index (χ4n) is 1.95. The molecule has 0 aliphatic heterocycles. The Morgan fingerprint density at radius 2 is 1.89 bits per heavy atom. The lowest BCUT2D eigenvalue weighted by molar-refractivity contribution is 0.613. The van der Waals surface area contributed by atoms with Crippen LogP contribution in [0.25, 0.3) is 22.6 Å². The van der Waals surface area contributed by atoms with E-state index >= 15 is 0 Å². The number of hydrogen-bond donors (Lipinski definition) is 1. The van der Waals surface area contributed by atoms with E-state index in [-0.39, 0.29) is 6.04 Å². The van der Waals surface area contributed by atoms with Crippen molar-refractivity contribution in [3.8, 4) is 11.4 Å². The largest absolute Gasteiger partial charge is 0.382 e. The molecule has 0 radical (unpaired) electrons. The highest BCUT2D eigenvalue weighted by Crippen LogP contribution is 2.23. The van der Waals surface area contributed by atoms with Gasteiger partial charge in [-0.1, -0.05) is 0 Å². The topological polar surface area (TPSA) is 82.5 Å². The highest BCUT2D eigenvalue weighted by atomic mass is 15.1. The second-order valence-electron chi connectivity index (χ2n) is 4.59. The van der Waals surface area contributed by atoms with Gasteiger partial charge in [0.05, 0.1) is 6.33 Å². The van der Waals surface area contributed by atoms with Crippen LogP contribution in [0, 0.1) is 0 Å². The fourth-order valence-corrected chi connectivity index (χ4v) is 1.95. The zero-order chi connectivity index (χ0) is 13.4. The highest BCUT2D eigenvalue weighted by Gasteiger charge is 2.13. The maximum absolute atomic E-state index is 5.97. The summed E-state index contributed by atoms with van der Waals surface area (Å²) in [5.41, 5.74) is 8.26. The third-order valence-corrected chi connectivity index (χ3v) is 2.94. The van der Waals surface area contributed by atoms with E-state index in [4.69, 9.17) is 5.73 Å². The first-order valence-corrected chi connectivity index (χ1v) is 6.07. The van der Waals surface area contributed by atoms with Crippen LogP contribution in [0.15, 0.2) is 30.9 Å². The van der Waals surface area contributed by atoms with Crippen molar-refractivity contribution in [3.05, 3.63) is 30.9 Å². The van der Waals surface area contributed by atoms with Crippen LogP contribution in [-0.4, -0.2) is 24.5 Å². The number of fused-ring (bicyclic) bond motifs is 1. The van der Waals surface area contributed by atoms with Crippen LogP contribution in [0.5, 0.6) is 0 Å². The zero-order valence-corrected chi connectivity index (χ0v) is 10.8. The van der Waals surface area contributed by atoms with Gasteiger partial charge in [-0.05, 0) is 26.0 Å². The molecule has 0 unspecified atom stereocenters. The Balaban J connectivity index is 2.26. The summed E-state index contributed by atoms with van der Waals surface area (Å²) in [4.78, 5) is 17.1. The third kappa shape index (κ3) is 1.91. The van der Waals surface area contributed by atoms with Crippen molar-refractivity contribution in [3.63, 3.8) is 0 Å². The number of nitrogens with zero attached hydrogens (tertiary/aromatic N) is 5. The van der Waals surface area contributed by atoms with Crippen molar-refractivity contribution in [1.29, 1.82) is 0 Å². The van der Waals surface area contributed by atoms with E-state index in [1.165, 1.54) is 0 Å². The maximum atomic E-state index is 5.97. The molecule has 3 aromatic rings. The van der Waals surface area contributed by atoms with Crippen LogP contribution < -0.4 is 5.73 Å². The van der Waals surface area contributed by atoms with E-state index < -0.39 is 0 Å². The summed E-state index contributed by atoms with van der Waals surface area (Å²) >= 11 is 0. The summed E-state index contributed by atoms with van der Waals surface area (Å²) in [5, 5.41) is 0. The predicted octanol–water partition coefficient (Wildman–Crippen LogP) is 2.05. The van der Waals surface area contributed by atoms with Crippen LogP contribution in [0.2, 0.25) is 0 Å². The van der Waals surface area contributed by atoms with Crippen molar-refractivity contribution in [2.24, 2.45) is 0 Å². The molecule has 0 aliphatic carbocycles. The van der Waals surface area contributed by atoms with Crippen LogP contribution in [0.3, 0.4) is 0 Å². The summed E-state index contributed by atoms with van der Waals surface area (Å²) < 4.78 is 1.98. The van der Waals surface area contributed by atoms with E-state index in [0.29, 0.717) is 17.2 Å². The lowest BCUT2D eigenvalue weighted by atomic mass is 10.2. The molecule has 0 aromatic carbocycles.